The van der Waals surface area contributed by atoms with Gasteiger partial charge in [0.15, 0.2) is 0 Å². The number of ether oxygens (including phenoxy) is 1. The van der Waals surface area contributed by atoms with Gasteiger partial charge in [0.25, 0.3) is 0 Å². The average molecular weight is 225 g/mol. The molecule has 0 spiro atoms. The molecule has 2 saturated heterocycles. The van der Waals surface area contributed by atoms with Crippen molar-refractivity contribution in [3.05, 3.63) is 0 Å². The van der Waals surface area contributed by atoms with Crippen LogP contribution in [0.5, 0.6) is 0 Å². The van der Waals surface area contributed by atoms with Crippen LogP contribution in [0, 0.1) is 5.92 Å². The fourth-order valence-corrected chi connectivity index (χ4v) is 2.51. The molecule has 4 heteroatoms. The number of hydrogen-bond donors (Lipinski definition) is 0. The van der Waals surface area contributed by atoms with Crippen LogP contribution < -0.4 is 0 Å². The first-order valence-corrected chi connectivity index (χ1v) is 5.94. The number of fused-ring (bicyclic) bond motifs is 3. The van der Waals surface area contributed by atoms with E-state index in [0.29, 0.717) is 0 Å². The van der Waals surface area contributed by atoms with Crippen molar-refractivity contribution in [2.24, 2.45) is 5.92 Å². The first-order chi connectivity index (χ1) is 7.38. The quantitative estimate of drug-likeness (QED) is 0.635. The SMILES string of the molecule is CC(C)(C)OC(=O)N1C(=O)C2CCC1CC2. The smallest absolute Gasteiger partial charge is 0.417 e. The van der Waals surface area contributed by atoms with Gasteiger partial charge in [-0.2, -0.15) is 0 Å². The van der Waals surface area contributed by atoms with Crippen LogP contribution in [-0.2, 0) is 9.53 Å². The van der Waals surface area contributed by atoms with Crippen molar-refractivity contribution < 1.29 is 14.3 Å². The summed E-state index contributed by atoms with van der Waals surface area (Å²) in [5.41, 5.74) is -0.534. The van der Waals surface area contributed by atoms with Crippen molar-refractivity contribution in [3.8, 4) is 0 Å². The van der Waals surface area contributed by atoms with E-state index in [0.717, 1.165) is 25.7 Å². The lowest BCUT2D eigenvalue weighted by Gasteiger charge is -2.43. The Hall–Kier alpha value is -1.06. The first-order valence-electron chi connectivity index (χ1n) is 5.94. The molecule has 0 radical (unpaired) electrons. The molecular weight excluding hydrogens is 206 g/mol. The Labute approximate surface area is 95.9 Å². The third kappa shape index (κ3) is 2.06. The molecule has 90 valence electrons. The van der Waals surface area contributed by atoms with Gasteiger partial charge in [-0.3, -0.25) is 4.79 Å². The van der Waals surface area contributed by atoms with Crippen molar-refractivity contribution in [2.45, 2.75) is 58.1 Å². The molecule has 4 nitrogen and oxygen atoms in total. The standard InChI is InChI=1S/C12H19NO3/c1-12(2,3)16-11(15)13-9-6-4-8(5-7-9)10(13)14/h8-9H,4-7H2,1-3H3. The van der Waals surface area contributed by atoms with Gasteiger partial charge in [0.05, 0.1) is 0 Å². The molecule has 1 aliphatic carbocycles. The molecule has 0 atom stereocenters. The van der Waals surface area contributed by atoms with Crippen molar-refractivity contribution in [3.63, 3.8) is 0 Å². The van der Waals surface area contributed by atoms with Crippen molar-refractivity contribution in [2.75, 3.05) is 0 Å². The molecule has 0 unspecified atom stereocenters. The number of carbonyl (C=O) groups is 2. The Kier molecular flexibility index (Phi) is 2.68. The Balaban J connectivity index is 2.09. The molecule has 0 aromatic heterocycles. The average Bonchev–Trinajstić information content (AvgIpc) is 2.16. The molecular formula is C12H19NO3. The zero-order valence-electron chi connectivity index (χ0n) is 10.2. The van der Waals surface area contributed by atoms with Crippen LogP contribution in [0.3, 0.4) is 0 Å². The van der Waals surface area contributed by atoms with Gasteiger partial charge >= 0.3 is 6.09 Å². The number of rotatable bonds is 0. The molecule has 3 fully saturated rings. The minimum Gasteiger partial charge on any atom is -0.443 e. The van der Waals surface area contributed by atoms with Gasteiger partial charge < -0.3 is 4.74 Å². The van der Waals surface area contributed by atoms with Crippen LogP contribution in [-0.4, -0.2) is 28.5 Å². The van der Waals surface area contributed by atoms with E-state index >= 15 is 0 Å². The minimum atomic E-state index is -0.534. The maximum Gasteiger partial charge on any atom is 0.417 e. The summed E-state index contributed by atoms with van der Waals surface area (Å²) in [6.07, 6.45) is 3.28. The summed E-state index contributed by atoms with van der Waals surface area (Å²) in [5, 5.41) is 0. The number of nitrogens with zero attached hydrogens (tertiary/aromatic N) is 1. The molecule has 2 bridgehead atoms. The Morgan fingerprint density at radius 1 is 1.25 bits per heavy atom. The van der Waals surface area contributed by atoms with E-state index in [2.05, 4.69) is 0 Å². The number of piperidine rings is 2. The normalized spacial score (nSPS) is 29.4. The molecule has 16 heavy (non-hydrogen) atoms. The molecule has 1 saturated carbocycles. The highest BCUT2D eigenvalue weighted by Gasteiger charge is 2.44. The lowest BCUT2D eigenvalue weighted by molar-refractivity contribution is -0.145. The van der Waals surface area contributed by atoms with Gasteiger partial charge in [0, 0.05) is 12.0 Å². The topological polar surface area (TPSA) is 46.6 Å². The summed E-state index contributed by atoms with van der Waals surface area (Å²) < 4.78 is 5.27. The van der Waals surface area contributed by atoms with E-state index < -0.39 is 11.7 Å². The monoisotopic (exact) mass is 225 g/mol. The Morgan fingerprint density at radius 3 is 2.25 bits per heavy atom. The predicted octanol–water partition coefficient (Wildman–Crippen LogP) is 2.32. The molecule has 2 amide bonds. The van der Waals surface area contributed by atoms with Gasteiger partial charge in [-0.05, 0) is 46.5 Å². The van der Waals surface area contributed by atoms with Crippen LogP contribution in [0.4, 0.5) is 4.79 Å². The zero-order chi connectivity index (χ0) is 11.9. The fraction of sp³-hybridized carbons (Fsp3) is 0.833. The zero-order valence-corrected chi connectivity index (χ0v) is 10.2. The second-order valence-electron chi connectivity index (χ2n) is 5.69. The Morgan fingerprint density at radius 2 is 1.81 bits per heavy atom. The highest BCUT2D eigenvalue weighted by Crippen LogP contribution is 2.36. The van der Waals surface area contributed by atoms with E-state index in [1.807, 2.05) is 20.8 Å². The molecule has 2 heterocycles. The predicted molar refractivity (Wildman–Crippen MR) is 58.8 cm³/mol. The molecule has 0 N–H and O–H groups in total. The third-order valence-electron chi connectivity index (χ3n) is 3.24. The molecule has 3 rings (SSSR count). The summed E-state index contributed by atoms with van der Waals surface area (Å²) in [4.78, 5) is 25.2. The van der Waals surface area contributed by atoms with E-state index in [-0.39, 0.29) is 17.9 Å². The first kappa shape index (κ1) is 11.4. The highest BCUT2D eigenvalue weighted by atomic mass is 16.6. The fourth-order valence-electron chi connectivity index (χ4n) is 2.51. The molecule has 0 aromatic carbocycles. The van der Waals surface area contributed by atoms with Gasteiger partial charge in [-0.1, -0.05) is 0 Å². The second-order valence-corrected chi connectivity index (χ2v) is 5.69. The molecule has 3 aliphatic rings. The summed E-state index contributed by atoms with van der Waals surface area (Å²) in [5.74, 6) is 0.0225. The number of carbonyl (C=O) groups excluding carboxylic acids is 2. The lowest BCUT2D eigenvalue weighted by atomic mass is 9.79. The van der Waals surface area contributed by atoms with Gasteiger partial charge in [-0.25, -0.2) is 9.69 Å². The number of imide groups is 1. The van der Waals surface area contributed by atoms with Crippen molar-refractivity contribution in [1.29, 1.82) is 0 Å². The van der Waals surface area contributed by atoms with Crippen LogP contribution >= 0.6 is 0 Å². The van der Waals surface area contributed by atoms with Crippen LogP contribution in [0.2, 0.25) is 0 Å². The van der Waals surface area contributed by atoms with Crippen molar-refractivity contribution >= 4 is 12.0 Å². The second kappa shape index (κ2) is 3.75. The maximum absolute atomic E-state index is 11.9. The number of amides is 2. The summed E-state index contributed by atoms with van der Waals surface area (Å²) >= 11 is 0. The molecule has 0 aromatic rings. The van der Waals surface area contributed by atoms with Gasteiger partial charge in [-0.15, -0.1) is 0 Å². The van der Waals surface area contributed by atoms with Crippen molar-refractivity contribution in [1.82, 2.24) is 4.90 Å². The van der Waals surface area contributed by atoms with Gasteiger partial charge in [0.2, 0.25) is 5.91 Å². The number of hydrogen-bond acceptors (Lipinski definition) is 3. The highest BCUT2D eigenvalue weighted by molar-refractivity contribution is 5.95. The van der Waals surface area contributed by atoms with Crippen LogP contribution in [0.25, 0.3) is 0 Å². The minimum absolute atomic E-state index is 0.0308. The summed E-state index contributed by atoms with van der Waals surface area (Å²) in [6.45, 7) is 5.45. The van der Waals surface area contributed by atoms with E-state index in [1.165, 1.54) is 4.90 Å². The van der Waals surface area contributed by atoms with Crippen LogP contribution in [0.15, 0.2) is 0 Å². The third-order valence-corrected chi connectivity index (χ3v) is 3.24. The largest absolute Gasteiger partial charge is 0.443 e. The van der Waals surface area contributed by atoms with Crippen LogP contribution in [0.1, 0.15) is 46.5 Å². The van der Waals surface area contributed by atoms with Gasteiger partial charge in [0.1, 0.15) is 5.60 Å². The van der Waals surface area contributed by atoms with E-state index in [9.17, 15) is 9.59 Å². The van der Waals surface area contributed by atoms with E-state index in [4.69, 9.17) is 4.74 Å². The lowest BCUT2D eigenvalue weighted by Crippen LogP contribution is -2.55. The Bertz CT molecular complexity index is 311. The summed E-state index contributed by atoms with van der Waals surface area (Å²) in [7, 11) is 0. The summed E-state index contributed by atoms with van der Waals surface area (Å²) in [6, 6.07) is 0.0762. The maximum atomic E-state index is 11.9. The molecule has 2 aliphatic heterocycles. The van der Waals surface area contributed by atoms with E-state index in [1.54, 1.807) is 0 Å².